The van der Waals surface area contributed by atoms with Crippen LogP contribution < -0.4 is 0 Å². The van der Waals surface area contributed by atoms with E-state index in [4.69, 9.17) is 4.74 Å². The molecule has 5 rings (SSSR count). The number of ether oxygens (including phenoxy) is 1. The zero-order valence-corrected chi connectivity index (χ0v) is 18.4. The summed E-state index contributed by atoms with van der Waals surface area (Å²) in [4.78, 5) is 0. The van der Waals surface area contributed by atoms with Crippen LogP contribution in [0.15, 0.2) is 0 Å². The second-order valence-corrected chi connectivity index (χ2v) is 12.1. The molecule has 5 aliphatic carbocycles. The Labute approximate surface area is 171 Å². The SMILES string of the molecule is COC[C@@H](O)[C@@H](C)[C@H]1[C@H]2C[C@H]2[C@H]2[C@@H]3CC[C@@H]4C[C@](C)(O)CC[C@@H]4[C@H]3CC[C@@]21C. The molecule has 5 fully saturated rings. The average Bonchev–Trinajstić information content (AvgIpc) is 3.34. The fourth-order valence-corrected chi connectivity index (χ4v) is 9.66. The third-order valence-corrected chi connectivity index (χ3v) is 10.6. The number of rotatable bonds is 4. The van der Waals surface area contributed by atoms with Crippen LogP contribution in [0.4, 0.5) is 0 Å². The number of methoxy groups -OCH3 is 1. The molecule has 0 aromatic carbocycles. The minimum absolute atomic E-state index is 0.319. The van der Waals surface area contributed by atoms with Gasteiger partial charge in [-0.15, -0.1) is 0 Å². The molecule has 5 saturated carbocycles. The Bertz CT molecular complexity index is 603. The van der Waals surface area contributed by atoms with E-state index >= 15 is 0 Å². The van der Waals surface area contributed by atoms with Crippen molar-refractivity contribution in [2.75, 3.05) is 13.7 Å². The summed E-state index contributed by atoms with van der Waals surface area (Å²) in [6, 6.07) is 0. The number of aliphatic hydroxyl groups is 2. The first-order chi connectivity index (χ1) is 13.3. The van der Waals surface area contributed by atoms with Crippen molar-refractivity contribution in [3.63, 3.8) is 0 Å². The van der Waals surface area contributed by atoms with E-state index in [-0.39, 0.29) is 6.10 Å². The van der Waals surface area contributed by atoms with Crippen molar-refractivity contribution in [2.45, 2.75) is 83.8 Å². The maximum atomic E-state index is 10.7. The van der Waals surface area contributed by atoms with Crippen molar-refractivity contribution < 1.29 is 14.9 Å². The van der Waals surface area contributed by atoms with E-state index < -0.39 is 5.60 Å². The van der Waals surface area contributed by atoms with E-state index in [0.29, 0.717) is 23.9 Å². The van der Waals surface area contributed by atoms with Gasteiger partial charge >= 0.3 is 0 Å². The van der Waals surface area contributed by atoms with Crippen LogP contribution in [0.2, 0.25) is 0 Å². The molecule has 0 aromatic rings. The lowest BCUT2D eigenvalue weighted by Crippen LogP contribution is -2.52. The zero-order chi connectivity index (χ0) is 19.8. The van der Waals surface area contributed by atoms with Crippen LogP contribution in [0.25, 0.3) is 0 Å². The monoisotopic (exact) mass is 390 g/mol. The minimum Gasteiger partial charge on any atom is -0.390 e. The summed E-state index contributed by atoms with van der Waals surface area (Å²) < 4.78 is 5.29. The number of fused-ring (bicyclic) bond motifs is 7. The fourth-order valence-electron chi connectivity index (χ4n) is 9.66. The Morgan fingerprint density at radius 2 is 1.71 bits per heavy atom. The largest absolute Gasteiger partial charge is 0.390 e. The Hall–Kier alpha value is -0.120. The highest BCUT2D eigenvalue weighted by atomic mass is 16.5. The summed E-state index contributed by atoms with van der Waals surface area (Å²) in [5.41, 5.74) is 0.0139. The van der Waals surface area contributed by atoms with Crippen LogP contribution >= 0.6 is 0 Å². The Morgan fingerprint density at radius 3 is 2.46 bits per heavy atom. The second kappa shape index (κ2) is 6.69. The molecule has 0 radical (unpaired) electrons. The van der Waals surface area contributed by atoms with Gasteiger partial charge in [-0.1, -0.05) is 13.8 Å². The first kappa shape index (κ1) is 19.8. The Balaban J connectivity index is 1.37. The highest BCUT2D eigenvalue weighted by Gasteiger charge is 2.70. The van der Waals surface area contributed by atoms with Crippen LogP contribution in [-0.2, 0) is 4.74 Å². The Morgan fingerprint density at radius 1 is 0.964 bits per heavy atom. The third-order valence-electron chi connectivity index (χ3n) is 10.6. The lowest BCUT2D eigenvalue weighted by Gasteiger charge is -2.58. The van der Waals surface area contributed by atoms with Gasteiger partial charge in [-0.2, -0.15) is 0 Å². The lowest BCUT2D eigenvalue weighted by molar-refractivity contribution is -0.117. The van der Waals surface area contributed by atoms with E-state index in [1.807, 2.05) is 0 Å². The lowest BCUT2D eigenvalue weighted by atomic mass is 9.47. The van der Waals surface area contributed by atoms with Crippen molar-refractivity contribution >= 4 is 0 Å². The molecule has 160 valence electrons. The summed E-state index contributed by atoms with van der Waals surface area (Å²) >= 11 is 0. The molecule has 28 heavy (non-hydrogen) atoms. The predicted molar refractivity (Wildman–Crippen MR) is 111 cm³/mol. The van der Waals surface area contributed by atoms with E-state index in [9.17, 15) is 10.2 Å². The maximum Gasteiger partial charge on any atom is 0.0801 e. The quantitative estimate of drug-likeness (QED) is 0.743. The van der Waals surface area contributed by atoms with Gasteiger partial charge in [0, 0.05) is 7.11 Å². The molecule has 0 saturated heterocycles. The van der Waals surface area contributed by atoms with E-state index in [0.717, 1.165) is 54.3 Å². The van der Waals surface area contributed by atoms with E-state index in [1.54, 1.807) is 7.11 Å². The summed E-state index contributed by atoms with van der Waals surface area (Å²) in [7, 11) is 1.71. The summed E-state index contributed by atoms with van der Waals surface area (Å²) in [6.45, 7) is 7.43. The smallest absolute Gasteiger partial charge is 0.0801 e. The molecule has 5 aliphatic rings. The summed E-state index contributed by atoms with van der Waals surface area (Å²) in [5.74, 6) is 7.17. The molecule has 3 nitrogen and oxygen atoms in total. The highest BCUT2D eigenvalue weighted by Crippen LogP contribution is 2.76. The van der Waals surface area contributed by atoms with Gasteiger partial charge < -0.3 is 14.9 Å². The van der Waals surface area contributed by atoms with E-state index in [2.05, 4.69) is 20.8 Å². The van der Waals surface area contributed by atoms with E-state index in [1.165, 1.54) is 38.5 Å². The maximum absolute atomic E-state index is 10.7. The number of hydrogen-bond acceptors (Lipinski definition) is 3. The van der Waals surface area contributed by atoms with Crippen LogP contribution in [0.5, 0.6) is 0 Å². The topological polar surface area (TPSA) is 49.7 Å². The first-order valence-electron chi connectivity index (χ1n) is 12.2. The van der Waals surface area contributed by atoms with Crippen LogP contribution in [0, 0.1) is 58.7 Å². The minimum atomic E-state index is -0.413. The fraction of sp³-hybridized carbons (Fsp3) is 1.00. The highest BCUT2D eigenvalue weighted by molar-refractivity contribution is 5.18. The molecule has 0 amide bonds. The predicted octanol–water partition coefficient (Wildman–Crippen LogP) is 4.51. The van der Waals surface area contributed by atoms with Gasteiger partial charge in [0.1, 0.15) is 0 Å². The van der Waals surface area contributed by atoms with Gasteiger partial charge in [-0.05, 0) is 117 Å². The van der Waals surface area contributed by atoms with Crippen molar-refractivity contribution in [2.24, 2.45) is 58.7 Å². The summed E-state index contributed by atoms with van der Waals surface area (Å²) in [6.07, 6.45) is 9.90. The Kier molecular flexibility index (Phi) is 4.73. The molecule has 0 aromatic heterocycles. The molecule has 0 aliphatic heterocycles. The molecule has 0 unspecified atom stereocenters. The molecule has 0 bridgehead atoms. The van der Waals surface area contributed by atoms with Crippen LogP contribution in [0.3, 0.4) is 0 Å². The van der Waals surface area contributed by atoms with Gasteiger partial charge in [-0.3, -0.25) is 0 Å². The average molecular weight is 391 g/mol. The van der Waals surface area contributed by atoms with Gasteiger partial charge in [0.25, 0.3) is 0 Å². The van der Waals surface area contributed by atoms with Gasteiger partial charge in [0.05, 0.1) is 18.3 Å². The number of hydrogen-bond donors (Lipinski definition) is 2. The molecule has 12 atom stereocenters. The zero-order valence-electron chi connectivity index (χ0n) is 18.4. The molecule has 3 heteroatoms. The normalized spacial score (nSPS) is 56.8. The number of aliphatic hydroxyl groups excluding tert-OH is 1. The van der Waals surface area contributed by atoms with Crippen molar-refractivity contribution in [1.82, 2.24) is 0 Å². The van der Waals surface area contributed by atoms with Crippen LogP contribution in [0.1, 0.15) is 72.1 Å². The van der Waals surface area contributed by atoms with Crippen LogP contribution in [-0.4, -0.2) is 35.6 Å². The van der Waals surface area contributed by atoms with Gasteiger partial charge in [0.2, 0.25) is 0 Å². The summed E-state index contributed by atoms with van der Waals surface area (Å²) in [5, 5.41) is 21.3. The molecule has 2 N–H and O–H groups in total. The second-order valence-electron chi connectivity index (χ2n) is 12.1. The molecular weight excluding hydrogens is 348 g/mol. The van der Waals surface area contributed by atoms with Crippen molar-refractivity contribution in [3.8, 4) is 0 Å². The van der Waals surface area contributed by atoms with Gasteiger partial charge in [-0.25, -0.2) is 0 Å². The van der Waals surface area contributed by atoms with Gasteiger partial charge in [0.15, 0.2) is 0 Å². The molecule has 0 heterocycles. The van der Waals surface area contributed by atoms with Crippen molar-refractivity contribution in [1.29, 1.82) is 0 Å². The first-order valence-corrected chi connectivity index (χ1v) is 12.2. The molecule has 0 spiro atoms. The standard InChI is InChI=1S/C25H42O3/c1-14(21(26)13-28-4)22-19-11-20(19)23-18-6-5-15-12-24(2,27)9-7-16(15)17(18)8-10-25(22,23)3/h14-23,26-27H,5-13H2,1-4H3/t14-,15-,16+,17-,18-,19+,20-,21-,22+,23-,24-,25-/m1/s1. The van der Waals surface area contributed by atoms with Crippen molar-refractivity contribution in [3.05, 3.63) is 0 Å². The molecular formula is C25H42O3. The third kappa shape index (κ3) is 2.86.